The molecule has 0 spiro atoms. The summed E-state index contributed by atoms with van der Waals surface area (Å²) >= 11 is 3.47. The van der Waals surface area contributed by atoms with Crippen LogP contribution in [-0.2, 0) is 16.0 Å². The number of esters is 1. The SMILES string of the molecule is CCOC(=O)C1COc2c(OC)ccc(Br)c2C1. The fourth-order valence-corrected chi connectivity index (χ4v) is 2.47. The number of benzene rings is 1. The van der Waals surface area contributed by atoms with E-state index in [1.807, 2.05) is 12.1 Å². The van der Waals surface area contributed by atoms with Crippen molar-refractivity contribution in [2.24, 2.45) is 5.92 Å². The van der Waals surface area contributed by atoms with Crippen molar-refractivity contribution in [1.82, 2.24) is 0 Å². The van der Waals surface area contributed by atoms with E-state index in [9.17, 15) is 4.79 Å². The van der Waals surface area contributed by atoms with Crippen LogP contribution in [0, 0.1) is 5.92 Å². The number of halogens is 1. The molecule has 0 saturated heterocycles. The Morgan fingerprint density at radius 3 is 3.00 bits per heavy atom. The molecule has 4 nitrogen and oxygen atoms in total. The van der Waals surface area contributed by atoms with Gasteiger partial charge in [-0.3, -0.25) is 4.79 Å². The Morgan fingerprint density at radius 2 is 2.33 bits per heavy atom. The van der Waals surface area contributed by atoms with E-state index < -0.39 is 0 Å². The first kappa shape index (κ1) is 13.2. The maximum absolute atomic E-state index is 11.7. The normalized spacial score (nSPS) is 17.6. The minimum Gasteiger partial charge on any atom is -0.493 e. The van der Waals surface area contributed by atoms with Gasteiger partial charge in [-0.2, -0.15) is 0 Å². The minimum absolute atomic E-state index is 0.210. The number of rotatable bonds is 3. The Kier molecular flexibility index (Phi) is 4.11. The summed E-state index contributed by atoms with van der Waals surface area (Å²) < 4.78 is 16.9. The van der Waals surface area contributed by atoms with Gasteiger partial charge in [0.15, 0.2) is 11.5 Å². The maximum atomic E-state index is 11.7. The molecule has 1 heterocycles. The van der Waals surface area contributed by atoms with Crippen LogP contribution < -0.4 is 9.47 Å². The van der Waals surface area contributed by atoms with Gasteiger partial charge < -0.3 is 14.2 Å². The molecule has 0 N–H and O–H groups in total. The third-order valence-corrected chi connectivity index (χ3v) is 3.63. The predicted molar refractivity (Wildman–Crippen MR) is 70.0 cm³/mol. The highest BCUT2D eigenvalue weighted by Crippen LogP contribution is 2.40. The van der Waals surface area contributed by atoms with Crippen molar-refractivity contribution in [2.45, 2.75) is 13.3 Å². The lowest BCUT2D eigenvalue weighted by Gasteiger charge is -2.26. The Labute approximate surface area is 114 Å². The summed E-state index contributed by atoms with van der Waals surface area (Å²) in [4.78, 5) is 11.7. The van der Waals surface area contributed by atoms with Crippen molar-refractivity contribution in [3.8, 4) is 11.5 Å². The van der Waals surface area contributed by atoms with Crippen LogP contribution in [0.1, 0.15) is 12.5 Å². The zero-order chi connectivity index (χ0) is 13.1. The highest BCUT2D eigenvalue weighted by atomic mass is 79.9. The van der Waals surface area contributed by atoms with Crippen LogP contribution in [0.3, 0.4) is 0 Å². The fraction of sp³-hybridized carbons (Fsp3) is 0.462. The Balaban J connectivity index is 2.26. The van der Waals surface area contributed by atoms with Crippen molar-refractivity contribution >= 4 is 21.9 Å². The average Bonchev–Trinajstić information content (AvgIpc) is 2.39. The molecule has 5 heteroatoms. The summed E-state index contributed by atoms with van der Waals surface area (Å²) in [5.74, 6) is 0.946. The van der Waals surface area contributed by atoms with Crippen molar-refractivity contribution < 1.29 is 19.0 Å². The molecule has 1 aromatic carbocycles. The van der Waals surface area contributed by atoms with Gasteiger partial charge in [0.2, 0.25) is 0 Å². The third-order valence-electron chi connectivity index (χ3n) is 2.89. The molecular weight excluding hydrogens is 300 g/mol. The van der Waals surface area contributed by atoms with Gasteiger partial charge in [-0.15, -0.1) is 0 Å². The molecule has 0 bridgehead atoms. The highest BCUT2D eigenvalue weighted by molar-refractivity contribution is 9.10. The maximum Gasteiger partial charge on any atom is 0.312 e. The van der Waals surface area contributed by atoms with E-state index in [1.54, 1.807) is 14.0 Å². The van der Waals surface area contributed by atoms with Gasteiger partial charge in [-0.05, 0) is 25.5 Å². The van der Waals surface area contributed by atoms with Crippen LogP contribution in [0.25, 0.3) is 0 Å². The van der Waals surface area contributed by atoms with Crippen molar-refractivity contribution in [1.29, 1.82) is 0 Å². The van der Waals surface area contributed by atoms with Crippen LogP contribution in [0.2, 0.25) is 0 Å². The van der Waals surface area contributed by atoms with Gasteiger partial charge in [0, 0.05) is 10.0 Å². The lowest BCUT2D eigenvalue weighted by atomic mass is 9.96. The summed E-state index contributed by atoms with van der Waals surface area (Å²) in [6.07, 6.45) is 0.603. The molecule has 0 radical (unpaired) electrons. The number of hydrogen-bond acceptors (Lipinski definition) is 4. The van der Waals surface area contributed by atoms with E-state index in [-0.39, 0.29) is 11.9 Å². The van der Waals surface area contributed by atoms with Crippen molar-refractivity contribution in [3.05, 3.63) is 22.2 Å². The lowest BCUT2D eigenvalue weighted by Crippen LogP contribution is -2.30. The molecule has 2 rings (SSSR count). The van der Waals surface area contributed by atoms with Crippen LogP contribution in [0.4, 0.5) is 0 Å². The van der Waals surface area contributed by atoms with Crippen molar-refractivity contribution in [2.75, 3.05) is 20.3 Å². The first-order chi connectivity index (χ1) is 8.67. The van der Waals surface area contributed by atoms with E-state index >= 15 is 0 Å². The summed E-state index contributed by atoms with van der Waals surface area (Å²) in [6.45, 7) is 2.52. The average molecular weight is 315 g/mol. The Morgan fingerprint density at radius 1 is 1.56 bits per heavy atom. The molecule has 1 atom stereocenters. The number of methoxy groups -OCH3 is 1. The van der Waals surface area contributed by atoms with E-state index in [0.717, 1.165) is 10.0 Å². The smallest absolute Gasteiger partial charge is 0.312 e. The second-order valence-electron chi connectivity index (χ2n) is 4.02. The summed E-state index contributed by atoms with van der Waals surface area (Å²) in [5, 5.41) is 0. The number of carbonyl (C=O) groups is 1. The number of carbonyl (C=O) groups excluding carboxylic acids is 1. The molecule has 0 amide bonds. The molecule has 0 aromatic heterocycles. The first-order valence-electron chi connectivity index (χ1n) is 5.82. The molecule has 18 heavy (non-hydrogen) atoms. The summed E-state index contributed by atoms with van der Waals surface area (Å²) in [5.41, 5.74) is 0.957. The van der Waals surface area contributed by atoms with E-state index in [1.165, 1.54) is 0 Å². The van der Waals surface area contributed by atoms with Crippen LogP contribution in [0.5, 0.6) is 11.5 Å². The molecule has 0 aliphatic carbocycles. The molecule has 1 unspecified atom stereocenters. The first-order valence-corrected chi connectivity index (χ1v) is 6.61. The van der Waals surface area contributed by atoms with Gasteiger partial charge in [0.25, 0.3) is 0 Å². The summed E-state index contributed by atoms with van der Waals surface area (Å²) in [7, 11) is 1.60. The third kappa shape index (κ3) is 2.46. The molecule has 0 fully saturated rings. The standard InChI is InChI=1S/C13H15BrO4/c1-3-17-13(15)8-6-9-10(14)4-5-11(16-2)12(9)18-7-8/h4-5,8H,3,6-7H2,1-2H3. The van der Waals surface area contributed by atoms with E-state index in [0.29, 0.717) is 31.1 Å². The molecule has 1 aromatic rings. The van der Waals surface area contributed by atoms with E-state index in [2.05, 4.69) is 15.9 Å². The summed E-state index contributed by atoms with van der Waals surface area (Å²) in [6, 6.07) is 3.74. The monoisotopic (exact) mass is 314 g/mol. The van der Waals surface area contributed by atoms with Gasteiger partial charge in [0.1, 0.15) is 6.61 Å². The molecule has 1 aliphatic heterocycles. The molecular formula is C13H15BrO4. The Bertz CT molecular complexity index is 459. The second-order valence-corrected chi connectivity index (χ2v) is 4.88. The highest BCUT2D eigenvalue weighted by Gasteiger charge is 2.30. The van der Waals surface area contributed by atoms with Gasteiger partial charge in [0.05, 0.1) is 19.6 Å². The molecule has 0 saturated carbocycles. The molecule has 98 valence electrons. The zero-order valence-electron chi connectivity index (χ0n) is 10.4. The largest absolute Gasteiger partial charge is 0.493 e. The Hall–Kier alpha value is -1.23. The molecule has 1 aliphatic rings. The quantitative estimate of drug-likeness (QED) is 0.804. The fourth-order valence-electron chi connectivity index (χ4n) is 1.99. The van der Waals surface area contributed by atoms with Crippen LogP contribution >= 0.6 is 15.9 Å². The number of hydrogen-bond donors (Lipinski definition) is 0. The lowest BCUT2D eigenvalue weighted by molar-refractivity contribution is -0.149. The van der Waals surface area contributed by atoms with Gasteiger partial charge in [-0.25, -0.2) is 0 Å². The zero-order valence-corrected chi connectivity index (χ0v) is 12.0. The number of ether oxygens (including phenoxy) is 3. The van der Waals surface area contributed by atoms with Gasteiger partial charge in [-0.1, -0.05) is 15.9 Å². The second kappa shape index (κ2) is 5.61. The van der Waals surface area contributed by atoms with Crippen molar-refractivity contribution in [3.63, 3.8) is 0 Å². The van der Waals surface area contributed by atoms with E-state index in [4.69, 9.17) is 14.2 Å². The van der Waals surface area contributed by atoms with Crippen LogP contribution in [0.15, 0.2) is 16.6 Å². The van der Waals surface area contributed by atoms with Gasteiger partial charge >= 0.3 is 5.97 Å². The number of fused-ring (bicyclic) bond motifs is 1. The topological polar surface area (TPSA) is 44.8 Å². The van der Waals surface area contributed by atoms with Crippen LogP contribution in [-0.4, -0.2) is 26.3 Å². The predicted octanol–water partition coefficient (Wildman–Crippen LogP) is 2.57. The minimum atomic E-state index is -0.249.